The standard InChI is InChI=1S/C31H43N5O4/c1-22(34-30(38)40-31(2,3)4)27-21-33-28-14-13-25(20-26(27)28)39-19-7-5-6-8-29(37)36-17-15-35(16-18-36)24-11-9-23(32)10-12-24/h9-14,20-22,33H,5-8,15-19,32H2,1-4H3,(H,34,38). The molecule has 2 heterocycles. The van der Waals surface area contributed by atoms with Gasteiger partial charge in [0.25, 0.3) is 0 Å². The number of carbonyl (C=O) groups excluding carboxylic acids is 2. The SMILES string of the molecule is CC(NC(=O)OC(C)(C)C)c1c[nH]c2ccc(OCCCCCC(=O)N3CCN(c4ccc(N)cc4)CC3)cc12. The van der Waals surface area contributed by atoms with Gasteiger partial charge in [0.1, 0.15) is 11.4 Å². The van der Waals surface area contributed by atoms with Crippen molar-refractivity contribution in [1.82, 2.24) is 15.2 Å². The fraction of sp³-hybridized carbons (Fsp3) is 0.484. The van der Waals surface area contributed by atoms with Crippen molar-refractivity contribution in [2.24, 2.45) is 0 Å². The Labute approximate surface area is 237 Å². The topological polar surface area (TPSA) is 113 Å². The minimum atomic E-state index is -0.549. The molecule has 0 saturated carbocycles. The third-order valence-corrected chi connectivity index (χ3v) is 7.08. The molecule has 0 bridgehead atoms. The molecule has 216 valence electrons. The predicted octanol–water partition coefficient (Wildman–Crippen LogP) is 5.62. The molecule has 1 saturated heterocycles. The number of rotatable bonds is 10. The largest absolute Gasteiger partial charge is 0.494 e. The minimum Gasteiger partial charge on any atom is -0.494 e. The molecule has 1 aromatic heterocycles. The normalized spacial score (nSPS) is 14.7. The van der Waals surface area contributed by atoms with Crippen LogP contribution in [0.4, 0.5) is 16.2 Å². The van der Waals surface area contributed by atoms with E-state index in [4.69, 9.17) is 15.2 Å². The molecule has 1 aliphatic rings. The molecule has 0 aliphatic carbocycles. The van der Waals surface area contributed by atoms with Gasteiger partial charge in [-0.05, 0) is 95.0 Å². The molecule has 9 heteroatoms. The van der Waals surface area contributed by atoms with Crippen molar-refractivity contribution in [3.8, 4) is 5.75 Å². The molecular weight excluding hydrogens is 506 g/mol. The molecule has 40 heavy (non-hydrogen) atoms. The number of nitrogens with one attached hydrogen (secondary N) is 2. The number of alkyl carbamates (subject to hydrolysis) is 1. The van der Waals surface area contributed by atoms with Crippen LogP contribution < -0.4 is 20.7 Å². The van der Waals surface area contributed by atoms with Gasteiger partial charge >= 0.3 is 6.09 Å². The molecule has 3 aromatic rings. The van der Waals surface area contributed by atoms with Crippen molar-refractivity contribution in [2.45, 2.75) is 65.0 Å². The number of amides is 2. The van der Waals surface area contributed by atoms with Crippen molar-refractivity contribution >= 4 is 34.3 Å². The molecule has 1 unspecified atom stereocenters. The van der Waals surface area contributed by atoms with Gasteiger partial charge in [0.15, 0.2) is 0 Å². The predicted molar refractivity (Wildman–Crippen MR) is 160 cm³/mol. The van der Waals surface area contributed by atoms with Gasteiger partial charge in [-0.25, -0.2) is 4.79 Å². The van der Waals surface area contributed by atoms with Gasteiger partial charge in [0, 0.05) is 61.1 Å². The molecule has 1 fully saturated rings. The molecular formula is C31H43N5O4. The first-order valence-corrected chi connectivity index (χ1v) is 14.2. The monoisotopic (exact) mass is 549 g/mol. The van der Waals surface area contributed by atoms with Gasteiger partial charge < -0.3 is 35.3 Å². The molecule has 4 N–H and O–H groups in total. The van der Waals surface area contributed by atoms with Crippen LogP contribution in [0.5, 0.6) is 5.75 Å². The lowest BCUT2D eigenvalue weighted by Gasteiger charge is -2.36. The fourth-order valence-corrected chi connectivity index (χ4v) is 4.93. The average molecular weight is 550 g/mol. The van der Waals surface area contributed by atoms with E-state index in [1.54, 1.807) is 0 Å². The quantitative estimate of drug-likeness (QED) is 0.223. The number of carbonyl (C=O) groups is 2. The van der Waals surface area contributed by atoms with E-state index >= 15 is 0 Å². The molecule has 1 aliphatic heterocycles. The van der Waals surface area contributed by atoms with Crippen molar-refractivity contribution < 1.29 is 19.1 Å². The van der Waals surface area contributed by atoms with E-state index in [1.165, 1.54) is 0 Å². The van der Waals surface area contributed by atoms with Crippen LogP contribution in [0, 0.1) is 0 Å². The Morgan fingerprint density at radius 1 is 1.02 bits per heavy atom. The van der Waals surface area contributed by atoms with Crippen LogP contribution in [0.3, 0.4) is 0 Å². The smallest absolute Gasteiger partial charge is 0.408 e. The van der Waals surface area contributed by atoms with Gasteiger partial charge in [0.2, 0.25) is 5.91 Å². The number of piperazine rings is 1. The fourth-order valence-electron chi connectivity index (χ4n) is 4.93. The molecule has 0 spiro atoms. The van der Waals surface area contributed by atoms with Crippen LogP contribution in [0.1, 0.15) is 65.0 Å². The number of fused-ring (bicyclic) bond motifs is 1. The zero-order valence-corrected chi connectivity index (χ0v) is 24.2. The number of hydrogen-bond donors (Lipinski definition) is 3. The molecule has 4 rings (SSSR count). The van der Waals surface area contributed by atoms with Crippen LogP contribution in [-0.4, -0.2) is 60.3 Å². The molecule has 2 amide bonds. The molecule has 0 radical (unpaired) electrons. The number of unbranched alkanes of at least 4 members (excludes halogenated alkanes) is 2. The van der Waals surface area contributed by atoms with Crippen LogP contribution in [0.15, 0.2) is 48.7 Å². The average Bonchev–Trinajstić information content (AvgIpc) is 3.33. The number of hydrogen-bond acceptors (Lipinski definition) is 6. The van der Waals surface area contributed by atoms with Gasteiger partial charge in [-0.15, -0.1) is 0 Å². The van der Waals surface area contributed by atoms with Crippen molar-refractivity contribution in [3.05, 3.63) is 54.2 Å². The van der Waals surface area contributed by atoms with E-state index in [0.717, 1.165) is 79.0 Å². The molecule has 9 nitrogen and oxygen atoms in total. The van der Waals surface area contributed by atoms with E-state index in [1.807, 2.05) is 81.3 Å². The summed E-state index contributed by atoms with van der Waals surface area (Å²) in [6, 6.07) is 13.6. The Kier molecular flexibility index (Phi) is 9.45. The summed E-state index contributed by atoms with van der Waals surface area (Å²) in [6.45, 7) is 11.2. The van der Waals surface area contributed by atoms with Crippen LogP contribution in [0.25, 0.3) is 10.9 Å². The van der Waals surface area contributed by atoms with E-state index in [9.17, 15) is 9.59 Å². The maximum absolute atomic E-state index is 12.7. The number of nitrogen functional groups attached to an aromatic ring is 1. The highest BCUT2D eigenvalue weighted by Crippen LogP contribution is 2.28. The molecule has 1 atom stereocenters. The summed E-state index contributed by atoms with van der Waals surface area (Å²) >= 11 is 0. The summed E-state index contributed by atoms with van der Waals surface area (Å²) in [5.41, 5.74) is 9.10. The van der Waals surface area contributed by atoms with E-state index < -0.39 is 11.7 Å². The van der Waals surface area contributed by atoms with E-state index in [-0.39, 0.29) is 11.9 Å². The number of aromatic amines is 1. The van der Waals surface area contributed by atoms with Gasteiger partial charge in [-0.2, -0.15) is 0 Å². The first kappa shape index (κ1) is 29.1. The number of ether oxygens (including phenoxy) is 2. The number of benzene rings is 2. The van der Waals surface area contributed by atoms with E-state index in [2.05, 4.69) is 15.2 Å². The van der Waals surface area contributed by atoms with Gasteiger partial charge in [0.05, 0.1) is 12.6 Å². The summed E-state index contributed by atoms with van der Waals surface area (Å²) in [4.78, 5) is 32.4. The zero-order valence-electron chi connectivity index (χ0n) is 24.2. The molecule has 2 aromatic carbocycles. The highest BCUT2D eigenvalue weighted by atomic mass is 16.6. The highest BCUT2D eigenvalue weighted by molar-refractivity contribution is 5.85. The third-order valence-electron chi connectivity index (χ3n) is 7.08. The number of nitrogens with two attached hydrogens (primary N) is 1. The van der Waals surface area contributed by atoms with Crippen molar-refractivity contribution in [1.29, 1.82) is 0 Å². The number of anilines is 2. The second-order valence-corrected chi connectivity index (χ2v) is 11.4. The maximum atomic E-state index is 12.7. The highest BCUT2D eigenvalue weighted by Gasteiger charge is 2.22. The summed E-state index contributed by atoms with van der Waals surface area (Å²) in [5.74, 6) is 1.02. The Hall–Kier alpha value is -3.88. The van der Waals surface area contributed by atoms with Gasteiger partial charge in [-0.3, -0.25) is 4.79 Å². The van der Waals surface area contributed by atoms with Crippen LogP contribution >= 0.6 is 0 Å². The minimum absolute atomic E-state index is 0.225. The first-order chi connectivity index (χ1) is 19.1. The maximum Gasteiger partial charge on any atom is 0.408 e. The Bertz CT molecular complexity index is 1270. The Balaban J connectivity index is 1.16. The van der Waals surface area contributed by atoms with Crippen molar-refractivity contribution in [3.63, 3.8) is 0 Å². The summed E-state index contributed by atoms with van der Waals surface area (Å²) in [6.07, 6.45) is 4.71. The summed E-state index contributed by atoms with van der Waals surface area (Å²) in [5, 5.41) is 3.90. The van der Waals surface area contributed by atoms with Crippen molar-refractivity contribution in [2.75, 3.05) is 43.4 Å². The summed E-state index contributed by atoms with van der Waals surface area (Å²) in [7, 11) is 0. The Morgan fingerprint density at radius 2 is 1.75 bits per heavy atom. The van der Waals surface area contributed by atoms with E-state index in [0.29, 0.717) is 13.0 Å². The van der Waals surface area contributed by atoms with Crippen LogP contribution in [-0.2, 0) is 9.53 Å². The van der Waals surface area contributed by atoms with Gasteiger partial charge in [-0.1, -0.05) is 0 Å². The Morgan fingerprint density at radius 3 is 2.45 bits per heavy atom. The second kappa shape index (κ2) is 13.0. The third kappa shape index (κ3) is 8.07. The lowest BCUT2D eigenvalue weighted by molar-refractivity contribution is -0.131. The lowest BCUT2D eigenvalue weighted by Crippen LogP contribution is -2.48. The lowest BCUT2D eigenvalue weighted by atomic mass is 10.1. The number of nitrogens with zero attached hydrogens (tertiary/aromatic N) is 2. The number of H-pyrrole nitrogens is 1. The first-order valence-electron chi connectivity index (χ1n) is 14.2. The van der Waals surface area contributed by atoms with Crippen LogP contribution in [0.2, 0.25) is 0 Å². The summed E-state index contributed by atoms with van der Waals surface area (Å²) < 4.78 is 11.4. The zero-order chi connectivity index (χ0) is 28.7. The second-order valence-electron chi connectivity index (χ2n) is 11.4. The number of aromatic nitrogens is 1.